The maximum Gasteiger partial charge on any atom is 0.0594 e. The Morgan fingerprint density at radius 2 is 2.00 bits per heavy atom. The van der Waals surface area contributed by atoms with Crippen molar-refractivity contribution in [3.05, 3.63) is 12.2 Å². The number of hydrogen-bond acceptors (Lipinski definition) is 1. The van der Waals surface area contributed by atoms with Gasteiger partial charge in [0.2, 0.25) is 0 Å². The summed E-state index contributed by atoms with van der Waals surface area (Å²) in [5.41, 5.74) is -0.500. The van der Waals surface area contributed by atoms with Crippen molar-refractivity contribution in [2.24, 2.45) is 0 Å². The number of allylic oxidation sites excluding steroid dienone is 2. The van der Waals surface area contributed by atoms with Crippen molar-refractivity contribution in [2.45, 2.75) is 39.2 Å². The van der Waals surface area contributed by atoms with Crippen LogP contribution in [0.25, 0.3) is 0 Å². The second-order valence-electron chi connectivity index (χ2n) is 2.92. The molecule has 0 aromatic rings. The van der Waals surface area contributed by atoms with Crippen LogP contribution in [-0.2, 0) is 0 Å². The summed E-state index contributed by atoms with van der Waals surface area (Å²) < 4.78 is 0. The highest BCUT2D eigenvalue weighted by atomic mass is 16.3. The Kier molecular flexibility index (Phi) is 3.55. The lowest BCUT2D eigenvalue weighted by Gasteiger charge is -2.14. The second kappa shape index (κ2) is 3.67. The summed E-state index contributed by atoms with van der Waals surface area (Å²) in [6, 6.07) is 0. The van der Waals surface area contributed by atoms with Crippen LogP contribution in [0.3, 0.4) is 0 Å². The van der Waals surface area contributed by atoms with Gasteiger partial charge in [-0.05, 0) is 33.6 Å². The molecule has 0 aliphatic carbocycles. The first-order valence-electron chi connectivity index (χ1n) is 3.40. The molecule has 0 aromatic carbocycles. The summed E-state index contributed by atoms with van der Waals surface area (Å²) in [5.74, 6) is 0. The van der Waals surface area contributed by atoms with Crippen molar-refractivity contribution in [1.82, 2.24) is 0 Å². The van der Waals surface area contributed by atoms with E-state index in [0.717, 1.165) is 12.8 Å². The number of rotatable bonds is 3. The van der Waals surface area contributed by atoms with Crippen molar-refractivity contribution in [2.75, 3.05) is 0 Å². The highest BCUT2D eigenvalue weighted by molar-refractivity contribution is 4.79. The fourth-order valence-corrected chi connectivity index (χ4v) is 0.603. The SMILES string of the molecule is CC=CCCC(C)(C)O. The molecule has 0 amide bonds. The molecule has 0 rings (SSSR count). The highest BCUT2D eigenvalue weighted by Crippen LogP contribution is 2.09. The summed E-state index contributed by atoms with van der Waals surface area (Å²) in [7, 11) is 0. The third-order valence-corrected chi connectivity index (χ3v) is 1.16. The Bertz CT molecular complexity index is 87.2. The van der Waals surface area contributed by atoms with E-state index in [1.54, 1.807) is 0 Å². The van der Waals surface area contributed by atoms with Gasteiger partial charge < -0.3 is 5.11 Å². The molecule has 1 heteroatoms. The molecule has 1 nitrogen and oxygen atoms in total. The zero-order valence-corrected chi connectivity index (χ0v) is 6.52. The van der Waals surface area contributed by atoms with Crippen LogP contribution >= 0.6 is 0 Å². The predicted octanol–water partition coefficient (Wildman–Crippen LogP) is 2.11. The smallest absolute Gasteiger partial charge is 0.0594 e. The molecule has 0 saturated heterocycles. The van der Waals surface area contributed by atoms with Crippen LogP contribution in [0.1, 0.15) is 33.6 Å². The zero-order valence-electron chi connectivity index (χ0n) is 6.52. The lowest BCUT2D eigenvalue weighted by atomic mass is 10.0. The average Bonchev–Trinajstić information content (AvgIpc) is 1.63. The minimum Gasteiger partial charge on any atom is -0.390 e. The molecule has 54 valence electrons. The summed E-state index contributed by atoms with van der Waals surface area (Å²) in [5, 5.41) is 9.21. The van der Waals surface area contributed by atoms with Gasteiger partial charge in [-0.15, -0.1) is 0 Å². The summed E-state index contributed by atoms with van der Waals surface area (Å²) in [6.45, 7) is 5.65. The molecule has 0 unspecified atom stereocenters. The van der Waals surface area contributed by atoms with Crippen LogP contribution in [0.15, 0.2) is 12.2 Å². The molecule has 0 spiro atoms. The molecule has 0 bridgehead atoms. The molecule has 0 aliphatic heterocycles. The third kappa shape index (κ3) is 7.70. The predicted molar refractivity (Wildman–Crippen MR) is 40.3 cm³/mol. The Morgan fingerprint density at radius 1 is 1.44 bits per heavy atom. The average molecular weight is 128 g/mol. The van der Waals surface area contributed by atoms with Crippen molar-refractivity contribution in [3.8, 4) is 0 Å². The first-order valence-corrected chi connectivity index (χ1v) is 3.40. The molecular formula is C8H16O. The Balaban J connectivity index is 3.28. The van der Waals surface area contributed by atoms with Gasteiger partial charge in [0.05, 0.1) is 5.60 Å². The molecule has 0 fully saturated rings. The fourth-order valence-electron chi connectivity index (χ4n) is 0.603. The van der Waals surface area contributed by atoms with Gasteiger partial charge in [0, 0.05) is 0 Å². The lowest BCUT2D eigenvalue weighted by molar-refractivity contribution is 0.0721. The van der Waals surface area contributed by atoms with Crippen LogP contribution in [0.2, 0.25) is 0 Å². The molecule has 0 atom stereocenters. The van der Waals surface area contributed by atoms with Gasteiger partial charge in [-0.3, -0.25) is 0 Å². The van der Waals surface area contributed by atoms with Gasteiger partial charge in [0.15, 0.2) is 0 Å². The molecule has 0 aliphatic rings. The monoisotopic (exact) mass is 128 g/mol. The Hall–Kier alpha value is -0.300. The fraction of sp³-hybridized carbons (Fsp3) is 0.750. The molecule has 0 radical (unpaired) electrons. The highest BCUT2D eigenvalue weighted by Gasteiger charge is 2.09. The summed E-state index contributed by atoms with van der Waals surface area (Å²) in [4.78, 5) is 0. The van der Waals surface area contributed by atoms with Gasteiger partial charge in [-0.1, -0.05) is 12.2 Å². The minimum atomic E-state index is -0.500. The quantitative estimate of drug-likeness (QED) is 0.577. The maximum absolute atomic E-state index is 9.21. The second-order valence-corrected chi connectivity index (χ2v) is 2.92. The van der Waals surface area contributed by atoms with E-state index in [4.69, 9.17) is 0 Å². The largest absolute Gasteiger partial charge is 0.390 e. The van der Waals surface area contributed by atoms with Crippen molar-refractivity contribution in [1.29, 1.82) is 0 Å². The van der Waals surface area contributed by atoms with E-state index < -0.39 is 5.60 Å². The van der Waals surface area contributed by atoms with E-state index in [9.17, 15) is 5.11 Å². The topological polar surface area (TPSA) is 20.2 Å². The van der Waals surface area contributed by atoms with E-state index in [2.05, 4.69) is 6.08 Å². The first-order chi connectivity index (χ1) is 4.06. The van der Waals surface area contributed by atoms with Crippen molar-refractivity contribution < 1.29 is 5.11 Å². The number of hydrogen-bond donors (Lipinski definition) is 1. The maximum atomic E-state index is 9.21. The molecule has 0 saturated carbocycles. The van der Waals surface area contributed by atoms with Gasteiger partial charge in [0.1, 0.15) is 0 Å². The molecule has 1 N–H and O–H groups in total. The first kappa shape index (κ1) is 8.70. The normalized spacial score (nSPS) is 12.9. The van der Waals surface area contributed by atoms with Crippen LogP contribution in [0.5, 0.6) is 0 Å². The zero-order chi connectivity index (χ0) is 7.33. The lowest BCUT2D eigenvalue weighted by Crippen LogP contribution is -2.17. The van der Waals surface area contributed by atoms with E-state index in [0.29, 0.717) is 0 Å². The van der Waals surface area contributed by atoms with Gasteiger partial charge in [0.25, 0.3) is 0 Å². The number of aliphatic hydroxyl groups is 1. The molecular weight excluding hydrogens is 112 g/mol. The molecule has 0 heterocycles. The van der Waals surface area contributed by atoms with Crippen molar-refractivity contribution in [3.63, 3.8) is 0 Å². The molecule has 9 heavy (non-hydrogen) atoms. The van der Waals surface area contributed by atoms with Crippen LogP contribution < -0.4 is 0 Å². The van der Waals surface area contributed by atoms with E-state index in [1.807, 2.05) is 26.8 Å². The van der Waals surface area contributed by atoms with Gasteiger partial charge in [-0.25, -0.2) is 0 Å². The van der Waals surface area contributed by atoms with Gasteiger partial charge in [-0.2, -0.15) is 0 Å². The molecule has 0 aromatic heterocycles. The van der Waals surface area contributed by atoms with E-state index >= 15 is 0 Å². The van der Waals surface area contributed by atoms with Crippen LogP contribution in [0.4, 0.5) is 0 Å². The minimum absolute atomic E-state index is 0.500. The van der Waals surface area contributed by atoms with Crippen molar-refractivity contribution >= 4 is 0 Å². The third-order valence-electron chi connectivity index (χ3n) is 1.16. The van der Waals surface area contributed by atoms with Crippen LogP contribution in [0, 0.1) is 0 Å². The summed E-state index contributed by atoms with van der Waals surface area (Å²) >= 11 is 0. The van der Waals surface area contributed by atoms with E-state index in [-0.39, 0.29) is 0 Å². The van der Waals surface area contributed by atoms with Gasteiger partial charge >= 0.3 is 0 Å². The summed E-state index contributed by atoms with van der Waals surface area (Å²) in [6.07, 6.45) is 5.89. The van der Waals surface area contributed by atoms with E-state index in [1.165, 1.54) is 0 Å². The van der Waals surface area contributed by atoms with Crippen LogP contribution in [-0.4, -0.2) is 10.7 Å². The Morgan fingerprint density at radius 3 is 2.33 bits per heavy atom. The Labute approximate surface area is 57.4 Å². The standard InChI is InChI=1S/C8H16O/c1-4-5-6-7-8(2,3)9/h4-5,9H,6-7H2,1-3H3.